The first kappa shape index (κ1) is 107. The summed E-state index contributed by atoms with van der Waals surface area (Å²) in [7, 11) is -9.43. The van der Waals surface area contributed by atoms with Crippen molar-refractivity contribution in [2.45, 2.75) is 180 Å². The second kappa shape index (κ2) is 46.5. The van der Waals surface area contributed by atoms with Gasteiger partial charge in [-0.15, -0.1) is 59.7 Å². The van der Waals surface area contributed by atoms with Crippen LogP contribution in [0.2, 0.25) is 118 Å². The quantitative estimate of drug-likeness (QED) is 0.0326. The molecule has 0 radical (unpaired) electrons. The van der Waals surface area contributed by atoms with Gasteiger partial charge in [0.25, 0.3) is 0 Å². The second-order valence-electron chi connectivity index (χ2n) is 40.4. The van der Waals surface area contributed by atoms with Crippen molar-refractivity contribution in [2.24, 2.45) is 0 Å². The summed E-state index contributed by atoms with van der Waals surface area (Å²) in [6.45, 7) is 61.5. The first-order valence-electron chi connectivity index (χ1n) is 45.1. The number of anilines is 7. The number of nitrogen functional groups attached to an aromatic ring is 1. The molecule has 4 N–H and O–H groups in total. The molecule has 6 heterocycles. The fourth-order valence-corrected chi connectivity index (χ4v) is 22.5. The summed E-state index contributed by atoms with van der Waals surface area (Å²) in [5, 5.41) is 25.6. The molecule has 0 aliphatic carbocycles. The predicted octanol–water partition coefficient (Wildman–Crippen LogP) is 27.0. The number of aryl methyl sites for hydroxylation is 9. The third-order valence-corrected chi connectivity index (χ3v) is 36.5. The molecule has 0 fully saturated rings. The van der Waals surface area contributed by atoms with Crippen LogP contribution in [0.15, 0.2) is 293 Å². The van der Waals surface area contributed by atoms with Gasteiger partial charge in [-0.3, -0.25) is 15.0 Å². The first-order valence-corrected chi connectivity index (χ1v) is 68.5. The van der Waals surface area contributed by atoms with Crippen LogP contribution in [-0.2, 0) is 21.1 Å². The molecule has 6 aromatic heterocycles. The number of nitrogens with zero attached hydrogens (tertiary/aromatic N) is 8. The van der Waals surface area contributed by atoms with Crippen LogP contribution in [0.5, 0.6) is 0 Å². The van der Waals surface area contributed by atoms with Crippen LogP contribution in [-0.4, -0.2) is 95.5 Å². The van der Waals surface area contributed by atoms with Gasteiger partial charge in [-0.25, -0.2) is 4.98 Å². The average molecular weight is 2240 g/mol. The zero-order chi connectivity index (χ0) is 96.7. The van der Waals surface area contributed by atoms with Crippen LogP contribution < -0.4 is 52.1 Å². The topological polar surface area (TPSA) is 150 Å². The molecule has 0 saturated heterocycles. The number of aromatic nitrogens is 6. The van der Waals surface area contributed by atoms with Crippen molar-refractivity contribution in [1.29, 1.82) is 0 Å². The third-order valence-electron chi connectivity index (χ3n) is 22.9. The Labute approximate surface area is 840 Å². The molecule has 15 rings (SSSR count). The van der Waals surface area contributed by atoms with E-state index < -0.39 is 55.6 Å². The van der Waals surface area contributed by atoms with Gasteiger partial charge < -0.3 is 35.5 Å². The Kier molecular flexibility index (Phi) is 37.5. The van der Waals surface area contributed by atoms with Crippen molar-refractivity contribution in [3.05, 3.63) is 356 Å². The van der Waals surface area contributed by atoms with Gasteiger partial charge in [0.1, 0.15) is 4.60 Å². The maximum Gasteiger partial charge on any atom is 2.00 e. The van der Waals surface area contributed by atoms with E-state index >= 15 is 0 Å². The Hall–Kier alpha value is -9.31. The van der Waals surface area contributed by atoms with Crippen LogP contribution in [0.25, 0.3) is 56.3 Å². The maximum absolute atomic E-state index is 8.68. The number of halogens is 3. The van der Waals surface area contributed by atoms with Gasteiger partial charge in [0.15, 0.2) is 0 Å². The van der Waals surface area contributed by atoms with E-state index in [1.54, 1.807) is 18.2 Å². The summed E-state index contributed by atoms with van der Waals surface area (Å²) in [6, 6.07) is 92.1. The maximum atomic E-state index is 8.68. The number of rotatable bonds is 18. The zero-order valence-electron chi connectivity index (χ0n) is 82.6. The van der Waals surface area contributed by atoms with E-state index in [4.69, 9.17) is 35.7 Å². The van der Waals surface area contributed by atoms with Gasteiger partial charge in [-0.2, -0.15) is 0 Å². The van der Waals surface area contributed by atoms with Crippen molar-refractivity contribution >= 4 is 180 Å². The molecule has 0 spiro atoms. The Morgan fingerprint density at radius 3 is 0.857 bits per heavy atom. The molecule has 0 amide bonds. The molecule has 11 nitrogen and oxygen atoms in total. The number of hydrogen-bond donors (Lipinski definition) is 3. The summed E-state index contributed by atoms with van der Waals surface area (Å²) >= 11 is 10.0. The minimum absolute atomic E-state index is 0. The van der Waals surface area contributed by atoms with Crippen molar-refractivity contribution in [3.63, 3.8) is 0 Å². The van der Waals surface area contributed by atoms with Crippen molar-refractivity contribution < 1.29 is 31.1 Å². The molecule has 0 atom stereocenters. The van der Waals surface area contributed by atoms with Crippen molar-refractivity contribution in [1.82, 2.24) is 29.9 Å². The predicted molar refractivity (Wildman–Crippen MR) is 597 cm³/mol. The van der Waals surface area contributed by atoms with E-state index in [0.29, 0.717) is 5.46 Å². The molecule has 0 saturated carbocycles. The van der Waals surface area contributed by atoms with Crippen LogP contribution in [0.3, 0.4) is 0 Å². The van der Waals surface area contributed by atoms with Crippen LogP contribution in [0.1, 0.15) is 50.1 Å². The smallest absolute Gasteiger partial charge is 0.423 e. The third kappa shape index (κ3) is 30.3. The summed E-state index contributed by atoms with van der Waals surface area (Å²) in [5.41, 5.74) is 34.9. The molecule has 9 aromatic carbocycles. The SMILES string of the molecule is C[Si](C)(C)c1ccc(-c2cccc(Br)c2)nc1.C[Si](C)(C)c1ccc(Br)nc1.Cc1cc(C)c(N(c2[c-]c(-c3ccc([Si](C)(C)C)cn3)ccc2)c2[c-]c(-c3ccc([Si](C)(C)C)cn3)ccc2)c(C)c1.Cc1cc(C)c(N(c2cccc(-c3ccc([Si](C)(C)C)cn3)c2)c2cccc(-c3ccc([Si](C)(C)C)cn3)c2)c(C)c1.Cc1cc(C)c(N)c(C)c1.OB(O)c1cccc(Br)c1.[Pt+2]. The van der Waals surface area contributed by atoms with Gasteiger partial charge in [0, 0.05) is 85.6 Å². The van der Waals surface area contributed by atoms with Gasteiger partial charge in [-0.1, -0.05) is 300 Å². The van der Waals surface area contributed by atoms with Crippen LogP contribution >= 0.6 is 47.8 Å². The minimum Gasteiger partial charge on any atom is -0.423 e. The summed E-state index contributed by atoms with van der Waals surface area (Å²) in [5.74, 6) is 0. The molecule has 0 unspecified atom stereocenters. The fourth-order valence-electron chi connectivity index (χ4n) is 15.3. The standard InChI is InChI=1S/C37H43N3Si2.C37H41N3Si2.C14H16BrNSi.C9H13N.C8H12BrNSi.C6H6BBrO2.Pt/c2*1-26-20-27(2)37(28(3)21-26)40(31-14-10-12-29(22-31)35-18-16-33(24-38-35)41(4,5)6)32-15-11-13-30(23-32)36-19-17-34(25-39-36)42(7,8)9;1-17(2,3)13-7-8-14(16-10-13)11-5-4-6-12(15)9-11;1-6-4-7(2)9(10)8(3)5-6;1-11(2,3)7-4-5-8(9)10-6-7;8-6-3-1-2-5(4-6)7(9)10;/h10-25H,1-9H3;10-21,24-25H,1-9H3;4-10H,1-3H3;4-5H,10H2,1-3H3;4-6H,1-3H3;1-4,9-10H;/q;-2;;;;;+2. The Bertz CT molecular complexity index is 5890. The van der Waals surface area contributed by atoms with Crippen LogP contribution in [0.4, 0.5) is 39.8 Å². The van der Waals surface area contributed by atoms with E-state index in [0.717, 1.165) is 104 Å². The number of benzene rings is 9. The van der Waals surface area contributed by atoms with E-state index in [-0.39, 0.29) is 21.1 Å². The number of nitrogens with two attached hydrogens (primary N) is 1. The van der Waals surface area contributed by atoms with Crippen LogP contribution in [0, 0.1) is 74.4 Å². The molecule has 690 valence electrons. The molecule has 0 bridgehead atoms. The minimum atomic E-state index is -1.43. The van der Waals surface area contributed by atoms with E-state index in [1.807, 2.05) is 62.9 Å². The normalized spacial score (nSPS) is 11.4. The first-order chi connectivity index (χ1) is 61.9. The Morgan fingerprint density at radius 1 is 0.293 bits per heavy atom. The molecular formula is C111H131BBr3N9O2PtSi6. The molecule has 0 aliphatic heterocycles. The summed E-state index contributed by atoms with van der Waals surface area (Å²) in [4.78, 5) is 33.0. The fraction of sp³-hybridized carbons (Fsp3) is 0.243. The van der Waals surface area contributed by atoms with E-state index in [1.165, 1.54) is 86.9 Å². The second-order valence-corrected chi connectivity index (χ2v) is 73.6. The Balaban J connectivity index is 0.000000200. The number of pyridine rings is 6. The molecular weight excluding hydrogens is 2110 g/mol. The molecule has 133 heavy (non-hydrogen) atoms. The molecule has 22 heteroatoms. The largest absolute Gasteiger partial charge is 2.00 e. The van der Waals surface area contributed by atoms with Gasteiger partial charge >= 0.3 is 28.2 Å². The van der Waals surface area contributed by atoms with Crippen molar-refractivity contribution in [2.75, 3.05) is 15.5 Å². The molecule has 0 aliphatic rings. The Morgan fingerprint density at radius 2 is 0.571 bits per heavy atom. The number of hydrogen-bond acceptors (Lipinski definition) is 11. The average Bonchev–Trinajstić information content (AvgIpc) is 0.773. The van der Waals surface area contributed by atoms with E-state index in [2.05, 4.69) is 459 Å². The summed E-state index contributed by atoms with van der Waals surface area (Å²) < 4.78 is 2.85. The van der Waals surface area contributed by atoms with E-state index in [9.17, 15) is 0 Å². The summed E-state index contributed by atoms with van der Waals surface area (Å²) in [6.07, 6.45) is 12.2. The van der Waals surface area contributed by atoms with Gasteiger partial charge in [0.2, 0.25) is 0 Å². The van der Waals surface area contributed by atoms with Crippen molar-refractivity contribution in [3.8, 4) is 56.3 Å². The van der Waals surface area contributed by atoms with Gasteiger partial charge in [0.05, 0.1) is 71.2 Å². The van der Waals surface area contributed by atoms with Gasteiger partial charge in [-0.05, 0) is 244 Å². The zero-order valence-corrected chi connectivity index (χ0v) is 95.7. The molecule has 15 aromatic rings. The monoisotopic (exact) mass is 2230 g/mol.